The Labute approximate surface area is 132 Å². The smallest absolute Gasteiger partial charge is 0.159 e. The van der Waals surface area contributed by atoms with E-state index >= 15 is 0 Å². The summed E-state index contributed by atoms with van der Waals surface area (Å²) in [5, 5.41) is 21.1. The fourth-order valence-electron chi connectivity index (χ4n) is 2.37. The Bertz CT molecular complexity index is 790. The van der Waals surface area contributed by atoms with Gasteiger partial charge in [-0.15, -0.1) is 11.3 Å². The number of ketones is 1. The second-order valence-corrected chi connectivity index (χ2v) is 6.01. The van der Waals surface area contributed by atoms with Crippen LogP contribution in [0.15, 0.2) is 35.4 Å². The second-order valence-electron chi connectivity index (χ2n) is 5.15. The van der Waals surface area contributed by atoms with Crippen molar-refractivity contribution < 1.29 is 9.90 Å². The monoisotopic (exact) mass is 313 g/mol. The molecule has 0 atom stereocenters. The Balaban J connectivity index is 1.90. The molecule has 2 aromatic rings. The molecule has 0 saturated carbocycles. The number of aromatic nitrogens is 1. The van der Waals surface area contributed by atoms with Gasteiger partial charge in [0.05, 0.1) is 12.1 Å². The van der Waals surface area contributed by atoms with Crippen molar-refractivity contribution in [1.82, 2.24) is 4.98 Å². The average Bonchev–Trinajstić information content (AvgIpc) is 3.02. The first-order valence-electron chi connectivity index (χ1n) is 6.79. The number of amidine groups is 1. The number of rotatable bonds is 3. The number of nitrogens with one attached hydrogen (secondary N) is 1. The van der Waals surface area contributed by atoms with E-state index in [2.05, 4.69) is 4.98 Å². The largest absolute Gasteiger partial charge is 0.510 e. The third-order valence-corrected chi connectivity index (χ3v) is 4.50. The summed E-state index contributed by atoms with van der Waals surface area (Å²) in [6.45, 7) is 3.64. The van der Waals surface area contributed by atoms with E-state index in [1.54, 1.807) is 29.2 Å². The molecule has 6 heteroatoms. The van der Waals surface area contributed by atoms with Gasteiger partial charge in [0.1, 0.15) is 16.6 Å². The lowest BCUT2D eigenvalue weighted by Gasteiger charge is -2.18. The van der Waals surface area contributed by atoms with Crippen LogP contribution in [-0.2, 0) is 0 Å². The lowest BCUT2D eigenvalue weighted by atomic mass is 10.1. The van der Waals surface area contributed by atoms with Crippen LogP contribution in [-0.4, -0.2) is 28.3 Å². The van der Waals surface area contributed by atoms with E-state index in [9.17, 15) is 9.90 Å². The Morgan fingerprint density at radius 3 is 2.59 bits per heavy atom. The van der Waals surface area contributed by atoms with Crippen molar-refractivity contribution in [3.8, 4) is 0 Å². The summed E-state index contributed by atoms with van der Waals surface area (Å²) in [5.74, 6) is 0.375. The third-order valence-electron chi connectivity index (χ3n) is 3.52. The van der Waals surface area contributed by atoms with Crippen LogP contribution in [0, 0.1) is 12.3 Å². The lowest BCUT2D eigenvalue weighted by Crippen LogP contribution is -2.26. The highest BCUT2D eigenvalue weighted by Crippen LogP contribution is 2.32. The molecule has 22 heavy (non-hydrogen) atoms. The van der Waals surface area contributed by atoms with Gasteiger partial charge in [0.25, 0.3) is 0 Å². The van der Waals surface area contributed by atoms with E-state index in [-0.39, 0.29) is 23.9 Å². The summed E-state index contributed by atoms with van der Waals surface area (Å²) in [5.41, 5.74) is 2.75. The maximum Gasteiger partial charge on any atom is 0.159 e. The van der Waals surface area contributed by atoms with Crippen LogP contribution in [0.3, 0.4) is 0 Å². The highest BCUT2D eigenvalue weighted by Gasteiger charge is 2.30. The zero-order chi connectivity index (χ0) is 15.9. The molecule has 1 aliphatic rings. The van der Waals surface area contributed by atoms with Gasteiger partial charge in [-0.1, -0.05) is 0 Å². The average molecular weight is 313 g/mol. The SMILES string of the molecule is CC(=O)c1ccc(N2CC(O)=C(c3nc(C)cs3)C2=N)cc1. The number of hydrogen-bond donors (Lipinski definition) is 2. The van der Waals surface area contributed by atoms with Gasteiger partial charge in [0.2, 0.25) is 0 Å². The van der Waals surface area contributed by atoms with E-state index in [1.165, 1.54) is 18.3 Å². The molecule has 0 amide bonds. The van der Waals surface area contributed by atoms with Gasteiger partial charge in [-0.3, -0.25) is 10.2 Å². The van der Waals surface area contributed by atoms with E-state index in [4.69, 9.17) is 5.41 Å². The van der Waals surface area contributed by atoms with Crippen molar-refractivity contribution in [3.63, 3.8) is 0 Å². The molecule has 0 radical (unpaired) electrons. The minimum atomic E-state index is 0.00275. The summed E-state index contributed by atoms with van der Waals surface area (Å²) in [6, 6.07) is 7.03. The van der Waals surface area contributed by atoms with Crippen LogP contribution < -0.4 is 4.90 Å². The Morgan fingerprint density at radius 1 is 1.36 bits per heavy atom. The van der Waals surface area contributed by atoms with Crippen LogP contribution in [0.25, 0.3) is 5.57 Å². The molecule has 0 spiro atoms. The van der Waals surface area contributed by atoms with E-state index < -0.39 is 0 Å². The molecule has 0 saturated heterocycles. The van der Waals surface area contributed by atoms with Crippen LogP contribution in [0.1, 0.15) is 28.0 Å². The van der Waals surface area contributed by atoms with Crippen LogP contribution in [0.5, 0.6) is 0 Å². The summed E-state index contributed by atoms with van der Waals surface area (Å²) in [4.78, 5) is 17.4. The lowest BCUT2D eigenvalue weighted by molar-refractivity contribution is 0.101. The van der Waals surface area contributed by atoms with Crippen molar-refractivity contribution in [2.24, 2.45) is 0 Å². The molecule has 0 fully saturated rings. The molecular formula is C16H15N3O2S. The number of hydrogen-bond acceptors (Lipinski definition) is 5. The Kier molecular flexibility index (Phi) is 3.54. The highest BCUT2D eigenvalue weighted by molar-refractivity contribution is 7.11. The molecule has 3 rings (SSSR count). The minimum Gasteiger partial charge on any atom is -0.510 e. The van der Waals surface area contributed by atoms with Gasteiger partial charge in [-0.25, -0.2) is 4.98 Å². The minimum absolute atomic E-state index is 0.00275. The molecule has 2 N–H and O–H groups in total. The van der Waals surface area contributed by atoms with Crippen molar-refractivity contribution in [1.29, 1.82) is 5.41 Å². The number of aliphatic hydroxyl groups is 1. The molecular weight excluding hydrogens is 298 g/mol. The van der Waals surface area contributed by atoms with E-state index in [0.717, 1.165) is 11.4 Å². The number of Topliss-reactive ketones (excluding diaryl/α,β-unsaturated/α-hetero) is 1. The molecule has 5 nitrogen and oxygen atoms in total. The van der Waals surface area contributed by atoms with Crippen LogP contribution in [0.4, 0.5) is 5.69 Å². The van der Waals surface area contributed by atoms with Crippen LogP contribution in [0.2, 0.25) is 0 Å². The van der Waals surface area contributed by atoms with Gasteiger partial charge < -0.3 is 10.0 Å². The van der Waals surface area contributed by atoms with Gasteiger partial charge in [0.15, 0.2) is 5.78 Å². The topological polar surface area (TPSA) is 77.3 Å². The predicted octanol–water partition coefficient (Wildman–Crippen LogP) is 3.42. The number of benzene rings is 1. The summed E-state index contributed by atoms with van der Waals surface area (Å²) >= 11 is 1.42. The normalized spacial score (nSPS) is 14.8. The highest BCUT2D eigenvalue weighted by atomic mass is 32.1. The first kappa shape index (κ1) is 14.5. The van der Waals surface area contributed by atoms with Crippen molar-refractivity contribution in [2.75, 3.05) is 11.4 Å². The van der Waals surface area contributed by atoms with Crippen molar-refractivity contribution in [3.05, 3.63) is 51.7 Å². The van der Waals surface area contributed by atoms with Gasteiger partial charge >= 0.3 is 0 Å². The maximum atomic E-state index is 11.3. The van der Waals surface area contributed by atoms with Gasteiger partial charge in [-0.05, 0) is 38.1 Å². The second kappa shape index (κ2) is 5.38. The Morgan fingerprint density at radius 2 is 2.05 bits per heavy atom. The molecule has 0 unspecified atom stereocenters. The van der Waals surface area contributed by atoms with E-state index in [0.29, 0.717) is 16.1 Å². The number of carbonyl (C=O) groups excluding carboxylic acids is 1. The summed E-state index contributed by atoms with van der Waals surface area (Å²) < 4.78 is 0. The quantitative estimate of drug-likeness (QED) is 0.851. The molecule has 2 heterocycles. The van der Waals surface area contributed by atoms with Crippen LogP contribution >= 0.6 is 11.3 Å². The fraction of sp³-hybridized carbons (Fsp3) is 0.188. The molecule has 1 aromatic heterocycles. The summed E-state index contributed by atoms with van der Waals surface area (Å²) in [6.07, 6.45) is 0. The number of thiazole rings is 1. The van der Waals surface area contributed by atoms with Crippen molar-refractivity contribution >= 4 is 34.2 Å². The first-order chi connectivity index (χ1) is 10.5. The summed E-state index contributed by atoms with van der Waals surface area (Å²) in [7, 11) is 0. The van der Waals surface area contributed by atoms with Gasteiger partial charge in [0, 0.05) is 22.3 Å². The number of aliphatic hydroxyl groups excluding tert-OH is 1. The molecule has 1 aromatic carbocycles. The first-order valence-corrected chi connectivity index (χ1v) is 7.67. The number of aryl methyl sites for hydroxylation is 1. The van der Waals surface area contributed by atoms with Crippen molar-refractivity contribution in [2.45, 2.75) is 13.8 Å². The number of nitrogens with zero attached hydrogens (tertiary/aromatic N) is 2. The number of anilines is 1. The van der Waals surface area contributed by atoms with E-state index in [1.807, 2.05) is 12.3 Å². The maximum absolute atomic E-state index is 11.3. The molecule has 112 valence electrons. The zero-order valence-electron chi connectivity index (χ0n) is 12.3. The predicted molar refractivity (Wildman–Crippen MR) is 87.9 cm³/mol. The zero-order valence-corrected chi connectivity index (χ0v) is 13.1. The Hall–Kier alpha value is -2.47. The molecule has 1 aliphatic heterocycles. The standard InChI is InChI=1S/C16H15N3O2S/c1-9-8-22-16(18-9)14-13(21)7-19(15(14)17)12-5-3-11(4-6-12)10(2)20/h3-6,8,17,21H,7H2,1-2H3. The number of carbonyl (C=O) groups is 1. The fourth-order valence-corrected chi connectivity index (χ4v) is 3.23. The van der Waals surface area contributed by atoms with Gasteiger partial charge in [-0.2, -0.15) is 0 Å². The molecule has 0 aliphatic carbocycles. The molecule has 0 bridgehead atoms. The third kappa shape index (κ3) is 2.42.